The van der Waals surface area contributed by atoms with Gasteiger partial charge >= 0.3 is 0 Å². The van der Waals surface area contributed by atoms with Crippen LogP contribution in [-0.2, 0) is 0 Å². The number of amides is 1. The molecule has 1 aromatic rings. The van der Waals surface area contributed by atoms with Crippen LogP contribution in [0.1, 0.15) is 36.0 Å². The first-order valence-electron chi connectivity index (χ1n) is 6.43. The van der Waals surface area contributed by atoms with Gasteiger partial charge < -0.3 is 5.32 Å². The molecule has 1 fully saturated rings. The molecule has 2 atom stereocenters. The molecule has 2 unspecified atom stereocenters. The normalized spacial score (nSPS) is 23.1. The molecule has 2 nitrogen and oxygen atoms in total. The highest BCUT2D eigenvalue weighted by Crippen LogP contribution is 2.26. The summed E-state index contributed by atoms with van der Waals surface area (Å²) in [4.78, 5) is 12.3. The molecule has 1 aliphatic carbocycles. The van der Waals surface area contributed by atoms with Crippen LogP contribution in [0.3, 0.4) is 0 Å². The third kappa shape index (κ3) is 4.20. The van der Waals surface area contributed by atoms with Crippen LogP contribution in [0, 0.1) is 5.92 Å². The molecule has 0 radical (unpaired) electrons. The predicted molar refractivity (Wildman–Crippen MR) is 86.2 cm³/mol. The lowest BCUT2D eigenvalue weighted by Crippen LogP contribution is -2.42. The van der Waals surface area contributed by atoms with Gasteiger partial charge in [-0.3, -0.25) is 4.79 Å². The molecule has 19 heavy (non-hydrogen) atoms. The first-order valence-corrected chi connectivity index (χ1v) is 8.72. The van der Waals surface area contributed by atoms with Gasteiger partial charge in [0.25, 0.3) is 5.91 Å². The zero-order chi connectivity index (χ0) is 13.8. The van der Waals surface area contributed by atoms with Crippen LogP contribution in [0.2, 0.25) is 5.02 Å². The molecule has 104 valence electrons. The Labute approximate surface area is 135 Å². The van der Waals surface area contributed by atoms with Gasteiger partial charge in [-0.05, 0) is 37.0 Å². The molecule has 0 saturated heterocycles. The van der Waals surface area contributed by atoms with Crippen LogP contribution in [0.4, 0.5) is 0 Å². The number of benzene rings is 1. The van der Waals surface area contributed by atoms with E-state index in [-0.39, 0.29) is 11.9 Å². The van der Waals surface area contributed by atoms with Gasteiger partial charge in [0, 0.05) is 26.4 Å². The van der Waals surface area contributed by atoms with Gasteiger partial charge in [0.05, 0.1) is 0 Å². The first-order chi connectivity index (χ1) is 9.10. The van der Waals surface area contributed by atoms with E-state index in [1.54, 1.807) is 18.2 Å². The highest BCUT2D eigenvalue weighted by Gasteiger charge is 2.25. The second-order valence-electron chi connectivity index (χ2n) is 4.94. The van der Waals surface area contributed by atoms with Gasteiger partial charge in [-0.2, -0.15) is 0 Å². The van der Waals surface area contributed by atoms with E-state index in [9.17, 15) is 4.79 Å². The summed E-state index contributed by atoms with van der Waals surface area (Å²) in [5.74, 6) is 0.487. The lowest BCUT2D eigenvalue weighted by Gasteiger charge is -2.31. The van der Waals surface area contributed by atoms with E-state index in [4.69, 9.17) is 11.6 Å². The Morgan fingerprint density at radius 2 is 2.05 bits per heavy atom. The van der Waals surface area contributed by atoms with Crippen LogP contribution in [0.5, 0.6) is 0 Å². The fourth-order valence-electron chi connectivity index (χ4n) is 2.52. The Kier molecular flexibility index (Phi) is 5.72. The Bertz CT molecular complexity index is 447. The summed E-state index contributed by atoms with van der Waals surface area (Å²) in [5, 5.41) is 4.65. The molecule has 1 aliphatic rings. The van der Waals surface area contributed by atoms with Crippen molar-refractivity contribution < 1.29 is 4.79 Å². The van der Waals surface area contributed by atoms with Gasteiger partial charge in [-0.15, -0.1) is 0 Å². The molecular formula is C14H16Br2ClNO. The second-order valence-corrected chi connectivity index (χ2v) is 6.94. The smallest absolute Gasteiger partial charge is 0.251 e. The summed E-state index contributed by atoms with van der Waals surface area (Å²) in [7, 11) is 0. The zero-order valence-electron chi connectivity index (χ0n) is 10.5. The second kappa shape index (κ2) is 7.09. The Morgan fingerprint density at radius 1 is 1.32 bits per heavy atom. The number of carbonyl (C=O) groups is 1. The monoisotopic (exact) mass is 407 g/mol. The van der Waals surface area contributed by atoms with E-state index in [1.807, 2.05) is 0 Å². The van der Waals surface area contributed by atoms with Crippen LogP contribution in [-0.4, -0.2) is 17.3 Å². The van der Waals surface area contributed by atoms with Crippen molar-refractivity contribution in [1.29, 1.82) is 0 Å². The van der Waals surface area contributed by atoms with Gasteiger partial charge in [0.1, 0.15) is 0 Å². The summed E-state index contributed by atoms with van der Waals surface area (Å²) < 4.78 is 0.825. The molecule has 0 aromatic heterocycles. The lowest BCUT2D eigenvalue weighted by molar-refractivity contribution is 0.0911. The molecule has 0 aliphatic heterocycles. The predicted octanol–water partition coefficient (Wildman–Crippen LogP) is 4.79. The fraction of sp³-hybridized carbons (Fsp3) is 0.500. The minimum Gasteiger partial charge on any atom is -0.349 e. The summed E-state index contributed by atoms with van der Waals surface area (Å²) in [6, 6.07) is 5.54. The molecule has 5 heteroatoms. The molecule has 1 N–H and O–H groups in total. The minimum atomic E-state index is -0.0407. The number of hydrogen-bond donors (Lipinski definition) is 1. The van der Waals surface area contributed by atoms with E-state index >= 15 is 0 Å². The molecule has 1 saturated carbocycles. The van der Waals surface area contributed by atoms with Crippen molar-refractivity contribution >= 4 is 49.4 Å². The molecule has 0 bridgehead atoms. The third-order valence-corrected chi connectivity index (χ3v) is 5.06. The van der Waals surface area contributed by atoms with Crippen LogP contribution in [0.15, 0.2) is 22.7 Å². The Hall–Kier alpha value is -0.0600. The van der Waals surface area contributed by atoms with E-state index < -0.39 is 0 Å². The maximum Gasteiger partial charge on any atom is 0.251 e. The van der Waals surface area contributed by atoms with Gasteiger partial charge in [-0.25, -0.2) is 0 Å². The average Bonchev–Trinajstić information content (AvgIpc) is 2.38. The van der Waals surface area contributed by atoms with Crippen molar-refractivity contribution in [2.45, 2.75) is 31.7 Å². The van der Waals surface area contributed by atoms with Crippen molar-refractivity contribution in [3.8, 4) is 0 Å². The number of hydrogen-bond acceptors (Lipinski definition) is 1. The van der Waals surface area contributed by atoms with Gasteiger partial charge in [0.2, 0.25) is 0 Å². The number of rotatable bonds is 3. The van der Waals surface area contributed by atoms with Crippen molar-refractivity contribution in [2.24, 2.45) is 5.92 Å². The third-order valence-electron chi connectivity index (χ3n) is 3.55. The van der Waals surface area contributed by atoms with E-state index in [2.05, 4.69) is 37.2 Å². The summed E-state index contributed by atoms with van der Waals surface area (Å²) in [6.45, 7) is 0. The summed E-state index contributed by atoms with van der Waals surface area (Å²) in [6.07, 6.45) is 4.68. The first kappa shape index (κ1) is 15.3. The largest absolute Gasteiger partial charge is 0.349 e. The van der Waals surface area contributed by atoms with Crippen molar-refractivity contribution in [3.05, 3.63) is 33.3 Å². The Morgan fingerprint density at radius 3 is 2.74 bits per heavy atom. The number of alkyl halides is 1. The summed E-state index contributed by atoms with van der Waals surface area (Å²) >= 11 is 12.9. The van der Waals surface area contributed by atoms with Crippen LogP contribution < -0.4 is 5.32 Å². The maximum atomic E-state index is 12.3. The van der Waals surface area contributed by atoms with Crippen molar-refractivity contribution in [1.82, 2.24) is 5.32 Å². The molecule has 0 heterocycles. The molecule has 0 spiro atoms. The van der Waals surface area contributed by atoms with Gasteiger partial charge in [0.15, 0.2) is 0 Å². The highest BCUT2D eigenvalue weighted by atomic mass is 79.9. The van der Waals surface area contributed by atoms with Crippen molar-refractivity contribution in [2.75, 3.05) is 5.33 Å². The number of halogens is 3. The summed E-state index contributed by atoms with van der Waals surface area (Å²) in [5.41, 5.74) is 0.610. The maximum absolute atomic E-state index is 12.3. The van der Waals surface area contributed by atoms with Gasteiger partial charge in [-0.1, -0.05) is 56.3 Å². The molecule has 1 aromatic carbocycles. The molecule has 1 amide bonds. The fourth-order valence-corrected chi connectivity index (χ4v) is 4.15. The number of nitrogens with one attached hydrogen (secondary N) is 1. The SMILES string of the molecule is O=C(NC1CCCCC1CBr)c1cc(Cl)cc(Br)c1. The topological polar surface area (TPSA) is 29.1 Å². The van der Waals surface area contributed by atoms with Crippen molar-refractivity contribution in [3.63, 3.8) is 0 Å². The van der Waals surface area contributed by atoms with E-state index in [0.717, 1.165) is 16.2 Å². The lowest BCUT2D eigenvalue weighted by atomic mass is 9.86. The highest BCUT2D eigenvalue weighted by molar-refractivity contribution is 9.10. The molecular weight excluding hydrogens is 393 g/mol. The molecule has 2 rings (SSSR count). The Balaban J connectivity index is 2.07. The van der Waals surface area contributed by atoms with Crippen LogP contribution >= 0.6 is 43.5 Å². The zero-order valence-corrected chi connectivity index (χ0v) is 14.4. The average molecular weight is 410 g/mol. The van der Waals surface area contributed by atoms with E-state index in [1.165, 1.54) is 19.3 Å². The standard InChI is InChI=1S/C14H16Br2ClNO/c15-8-9-3-1-2-4-13(9)18-14(19)10-5-11(16)7-12(17)6-10/h5-7,9,13H,1-4,8H2,(H,18,19). The van der Waals surface area contributed by atoms with Crippen LogP contribution in [0.25, 0.3) is 0 Å². The number of carbonyl (C=O) groups excluding carboxylic acids is 1. The minimum absolute atomic E-state index is 0.0407. The quantitative estimate of drug-likeness (QED) is 0.715. The van der Waals surface area contributed by atoms with E-state index in [0.29, 0.717) is 16.5 Å².